The summed E-state index contributed by atoms with van der Waals surface area (Å²) in [6, 6.07) is 3.73. The summed E-state index contributed by atoms with van der Waals surface area (Å²) >= 11 is 0. The highest BCUT2D eigenvalue weighted by Gasteiger charge is 2.34. The Kier molecular flexibility index (Phi) is 7.82. The van der Waals surface area contributed by atoms with Crippen LogP contribution in [0.5, 0.6) is 5.75 Å². The van der Waals surface area contributed by atoms with E-state index < -0.39 is 17.7 Å². The SMILES string of the molecule is CC1=CC=C(CC2=C(COc3ccc(CCC(=O)O)c(C(F)(F)F)c3)COCC2)CC1C. The van der Waals surface area contributed by atoms with Crippen molar-refractivity contribution in [3.63, 3.8) is 0 Å². The third-order valence-electron chi connectivity index (χ3n) is 6.10. The van der Waals surface area contributed by atoms with Crippen LogP contribution in [0.15, 0.2) is 52.6 Å². The largest absolute Gasteiger partial charge is 0.489 e. The molecule has 174 valence electrons. The minimum atomic E-state index is -4.58. The number of rotatable bonds is 8. The lowest BCUT2D eigenvalue weighted by atomic mass is 9.85. The molecule has 0 saturated carbocycles. The highest BCUT2D eigenvalue weighted by Crippen LogP contribution is 2.36. The molecule has 4 nitrogen and oxygen atoms in total. The lowest BCUT2D eigenvalue weighted by molar-refractivity contribution is -0.140. The number of halogens is 3. The van der Waals surface area contributed by atoms with Crippen molar-refractivity contribution >= 4 is 5.97 Å². The van der Waals surface area contributed by atoms with E-state index in [9.17, 15) is 18.0 Å². The highest BCUT2D eigenvalue weighted by atomic mass is 19.4. The summed E-state index contributed by atoms with van der Waals surface area (Å²) < 4.78 is 51.8. The third kappa shape index (κ3) is 6.48. The zero-order chi connectivity index (χ0) is 23.3. The van der Waals surface area contributed by atoms with E-state index in [4.69, 9.17) is 14.6 Å². The quantitative estimate of drug-likeness (QED) is 0.485. The van der Waals surface area contributed by atoms with Gasteiger partial charge in [-0.15, -0.1) is 0 Å². The molecule has 1 heterocycles. The van der Waals surface area contributed by atoms with Crippen molar-refractivity contribution in [1.82, 2.24) is 0 Å². The average Bonchev–Trinajstić information content (AvgIpc) is 2.74. The Balaban J connectivity index is 1.74. The molecular weight excluding hydrogens is 421 g/mol. The number of carbonyl (C=O) groups is 1. The number of aryl methyl sites for hydroxylation is 1. The van der Waals surface area contributed by atoms with Crippen molar-refractivity contribution in [3.8, 4) is 5.75 Å². The molecule has 0 fully saturated rings. The van der Waals surface area contributed by atoms with E-state index in [2.05, 4.69) is 26.0 Å². The molecule has 1 N–H and O–H groups in total. The predicted molar refractivity (Wildman–Crippen MR) is 116 cm³/mol. The molecule has 0 spiro atoms. The first-order valence-electron chi connectivity index (χ1n) is 10.8. The number of carboxylic acid groups (broad SMARTS) is 1. The van der Waals surface area contributed by atoms with E-state index in [1.54, 1.807) is 0 Å². The van der Waals surface area contributed by atoms with Crippen molar-refractivity contribution in [2.75, 3.05) is 19.8 Å². The van der Waals surface area contributed by atoms with Crippen LogP contribution in [0.1, 0.15) is 50.7 Å². The van der Waals surface area contributed by atoms with Gasteiger partial charge in [0, 0.05) is 6.42 Å². The number of hydrogen-bond donors (Lipinski definition) is 1. The second kappa shape index (κ2) is 10.4. The molecule has 32 heavy (non-hydrogen) atoms. The summed E-state index contributed by atoms with van der Waals surface area (Å²) in [7, 11) is 0. The van der Waals surface area contributed by atoms with Crippen LogP contribution >= 0.6 is 0 Å². The van der Waals surface area contributed by atoms with Crippen LogP contribution in [0.25, 0.3) is 0 Å². The minimum Gasteiger partial charge on any atom is -0.489 e. The van der Waals surface area contributed by atoms with Gasteiger partial charge in [0.1, 0.15) is 12.4 Å². The first-order chi connectivity index (χ1) is 15.1. The van der Waals surface area contributed by atoms with Gasteiger partial charge in [-0.05, 0) is 61.8 Å². The Morgan fingerprint density at radius 3 is 2.72 bits per heavy atom. The third-order valence-corrected chi connectivity index (χ3v) is 6.10. The predicted octanol–water partition coefficient (Wildman–Crippen LogP) is 6.12. The van der Waals surface area contributed by atoms with Crippen LogP contribution in [0.3, 0.4) is 0 Å². The second-order valence-corrected chi connectivity index (χ2v) is 8.53. The first kappa shape index (κ1) is 24.1. The van der Waals surface area contributed by atoms with Gasteiger partial charge in [0.2, 0.25) is 0 Å². The van der Waals surface area contributed by atoms with Gasteiger partial charge in [-0.2, -0.15) is 13.2 Å². The number of aliphatic carboxylic acids is 1. The summed E-state index contributed by atoms with van der Waals surface area (Å²) in [5.41, 5.74) is 4.02. The summed E-state index contributed by atoms with van der Waals surface area (Å²) in [5, 5.41) is 8.79. The van der Waals surface area contributed by atoms with Gasteiger partial charge in [0.25, 0.3) is 0 Å². The Bertz CT molecular complexity index is 941. The summed E-state index contributed by atoms with van der Waals surface area (Å²) in [6.45, 7) is 5.55. The topological polar surface area (TPSA) is 55.8 Å². The number of allylic oxidation sites excluding steroid dienone is 4. The summed E-state index contributed by atoms with van der Waals surface area (Å²) in [4.78, 5) is 10.8. The maximum absolute atomic E-state index is 13.5. The van der Waals surface area contributed by atoms with E-state index >= 15 is 0 Å². The molecule has 0 aromatic heterocycles. The molecule has 3 rings (SSSR count). The van der Waals surface area contributed by atoms with Gasteiger partial charge < -0.3 is 14.6 Å². The van der Waals surface area contributed by atoms with Gasteiger partial charge in [-0.25, -0.2) is 0 Å². The minimum absolute atomic E-state index is 0.0464. The van der Waals surface area contributed by atoms with Gasteiger partial charge in [-0.1, -0.05) is 41.9 Å². The number of ether oxygens (including phenoxy) is 2. The Hall–Kier alpha value is -2.54. The smallest absolute Gasteiger partial charge is 0.416 e. The van der Waals surface area contributed by atoms with Gasteiger partial charge in [0.15, 0.2) is 0 Å². The second-order valence-electron chi connectivity index (χ2n) is 8.53. The average molecular weight is 450 g/mol. The number of benzene rings is 1. The maximum atomic E-state index is 13.5. The van der Waals surface area contributed by atoms with Gasteiger partial charge >= 0.3 is 12.1 Å². The Morgan fingerprint density at radius 1 is 1.25 bits per heavy atom. The summed E-state index contributed by atoms with van der Waals surface area (Å²) in [5.74, 6) is -0.517. The number of hydrogen-bond acceptors (Lipinski definition) is 3. The van der Waals surface area contributed by atoms with Crippen LogP contribution in [-0.2, 0) is 22.1 Å². The molecule has 1 unspecified atom stereocenters. The van der Waals surface area contributed by atoms with Crippen LogP contribution < -0.4 is 4.74 Å². The molecule has 1 aromatic rings. The molecule has 2 aliphatic rings. The highest BCUT2D eigenvalue weighted by molar-refractivity contribution is 5.67. The Labute approximate surface area is 186 Å². The molecule has 0 radical (unpaired) electrons. The van der Waals surface area contributed by atoms with Crippen LogP contribution in [0, 0.1) is 5.92 Å². The lowest BCUT2D eigenvalue weighted by Gasteiger charge is -2.25. The Morgan fingerprint density at radius 2 is 2.03 bits per heavy atom. The molecule has 0 saturated heterocycles. The number of carboxylic acids is 1. The molecule has 1 aromatic carbocycles. The van der Waals surface area contributed by atoms with Crippen LogP contribution in [0.4, 0.5) is 13.2 Å². The van der Waals surface area contributed by atoms with E-state index in [1.807, 2.05) is 0 Å². The molecule has 1 aliphatic heterocycles. The van der Waals surface area contributed by atoms with Crippen molar-refractivity contribution < 1.29 is 32.5 Å². The standard InChI is InChI=1S/C25H29F3O4/c1-16-3-4-18(11-17(16)2)12-20-9-10-31-14-21(20)15-32-22-7-5-19(6-8-24(29)30)23(13-22)25(26,27)28/h3-5,7,13,17H,6,8-12,14-15H2,1-2H3,(H,29,30). The molecule has 0 amide bonds. The van der Waals surface area contributed by atoms with Crippen molar-refractivity contribution in [1.29, 1.82) is 0 Å². The molecule has 1 aliphatic carbocycles. The van der Waals surface area contributed by atoms with Crippen molar-refractivity contribution in [3.05, 3.63) is 63.8 Å². The zero-order valence-electron chi connectivity index (χ0n) is 18.4. The van der Waals surface area contributed by atoms with E-state index in [-0.39, 0.29) is 30.8 Å². The lowest BCUT2D eigenvalue weighted by Crippen LogP contribution is -2.18. The van der Waals surface area contributed by atoms with E-state index in [1.165, 1.54) is 28.9 Å². The fourth-order valence-electron chi connectivity index (χ4n) is 4.01. The normalized spacial score (nSPS) is 19.5. The van der Waals surface area contributed by atoms with Gasteiger partial charge in [-0.3, -0.25) is 4.79 Å². The molecule has 1 atom stereocenters. The maximum Gasteiger partial charge on any atom is 0.416 e. The zero-order valence-corrected chi connectivity index (χ0v) is 18.4. The molecular formula is C25H29F3O4. The fourth-order valence-corrected chi connectivity index (χ4v) is 4.01. The van der Waals surface area contributed by atoms with Crippen LogP contribution in [-0.4, -0.2) is 30.9 Å². The molecule has 0 bridgehead atoms. The van der Waals surface area contributed by atoms with E-state index in [0.717, 1.165) is 30.9 Å². The monoisotopic (exact) mass is 450 g/mol. The van der Waals surface area contributed by atoms with Crippen LogP contribution in [0.2, 0.25) is 0 Å². The molecule has 7 heteroatoms. The fraction of sp³-hybridized carbons (Fsp3) is 0.480. The summed E-state index contributed by atoms with van der Waals surface area (Å²) in [6.07, 6.45) is 1.82. The van der Waals surface area contributed by atoms with Gasteiger partial charge in [0.05, 0.1) is 18.8 Å². The van der Waals surface area contributed by atoms with Crippen molar-refractivity contribution in [2.24, 2.45) is 5.92 Å². The first-order valence-corrected chi connectivity index (χ1v) is 10.8. The number of alkyl halides is 3. The van der Waals surface area contributed by atoms with E-state index in [0.29, 0.717) is 19.1 Å². The van der Waals surface area contributed by atoms with Crippen molar-refractivity contribution in [2.45, 2.75) is 52.1 Å².